The van der Waals surface area contributed by atoms with Gasteiger partial charge in [-0.1, -0.05) is 4.85 Å². The van der Waals surface area contributed by atoms with Gasteiger partial charge in [0.05, 0.1) is 9.40 Å². The van der Waals surface area contributed by atoms with E-state index in [1.807, 2.05) is 0 Å². The van der Waals surface area contributed by atoms with Gasteiger partial charge in [0.25, 0.3) is 5.69 Å². The Morgan fingerprint density at radius 1 is 1.57 bits per heavy atom. The Kier molecular flexibility index (Phi) is 1.84. The molecule has 0 radical (unpaired) electrons. The largest absolute Gasteiger partial charge is 0.410 e. The Morgan fingerprint density at radius 2 is 2.29 bits per heavy atom. The van der Waals surface area contributed by atoms with Crippen molar-refractivity contribution < 1.29 is 10.1 Å². The fourth-order valence-corrected chi connectivity index (χ4v) is 1.58. The molecule has 0 aliphatic carbocycles. The number of non-ortho nitro benzene ring substituents is 1. The molecule has 0 saturated carbocycles. The number of nitro groups is 1. The molecule has 7 nitrogen and oxygen atoms in total. The number of rotatable bonds is 1. The molecular formula is C6H3BrN4O3. The van der Waals surface area contributed by atoms with Crippen molar-refractivity contribution in [3.05, 3.63) is 26.7 Å². The van der Waals surface area contributed by atoms with E-state index in [0.717, 1.165) is 0 Å². The summed E-state index contributed by atoms with van der Waals surface area (Å²) in [4.78, 5) is 10.4. The number of benzene rings is 1. The molecule has 1 N–H and O–H groups in total. The van der Waals surface area contributed by atoms with Crippen LogP contribution in [0.25, 0.3) is 11.0 Å². The first kappa shape index (κ1) is 8.88. The molecule has 0 atom stereocenters. The zero-order valence-corrected chi connectivity index (χ0v) is 8.17. The molecule has 14 heavy (non-hydrogen) atoms. The van der Waals surface area contributed by atoms with Crippen LogP contribution in [0.2, 0.25) is 0 Å². The highest BCUT2D eigenvalue weighted by Crippen LogP contribution is 2.26. The predicted molar refractivity (Wildman–Crippen MR) is 49.1 cm³/mol. The normalized spacial score (nSPS) is 10.6. The second-order valence-electron chi connectivity index (χ2n) is 2.53. The van der Waals surface area contributed by atoms with Crippen molar-refractivity contribution in [3.8, 4) is 0 Å². The molecule has 0 spiro atoms. The summed E-state index contributed by atoms with van der Waals surface area (Å²) in [6, 6.07) is 2.50. The summed E-state index contributed by atoms with van der Waals surface area (Å²) < 4.78 is 0.419. The lowest BCUT2D eigenvalue weighted by atomic mass is 10.3. The first-order chi connectivity index (χ1) is 6.59. The minimum atomic E-state index is -0.558. The maximum Gasteiger partial charge on any atom is 0.273 e. The van der Waals surface area contributed by atoms with Crippen molar-refractivity contribution in [1.29, 1.82) is 0 Å². The fraction of sp³-hybridized carbons (Fsp3) is 0. The molecule has 1 heterocycles. The first-order valence-electron chi connectivity index (χ1n) is 3.48. The van der Waals surface area contributed by atoms with Gasteiger partial charge in [-0.05, 0) is 21.1 Å². The van der Waals surface area contributed by atoms with E-state index in [9.17, 15) is 10.1 Å². The summed E-state index contributed by atoms with van der Waals surface area (Å²) >= 11 is 3.10. The monoisotopic (exact) mass is 258 g/mol. The smallest absolute Gasteiger partial charge is 0.273 e. The Bertz CT molecular complexity index is 523. The van der Waals surface area contributed by atoms with Crippen molar-refractivity contribution in [2.75, 3.05) is 0 Å². The van der Waals surface area contributed by atoms with Gasteiger partial charge < -0.3 is 5.21 Å². The third-order valence-electron chi connectivity index (χ3n) is 1.68. The zero-order chi connectivity index (χ0) is 10.3. The standard InChI is InChI=1S/C6H3BrN4O3/c7-4-1-3(11(13)14)2-5-6(4)8-9-10(5)12/h1-2,12H. The van der Waals surface area contributed by atoms with Crippen LogP contribution in [0.3, 0.4) is 0 Å². The second kappa shape index (κ2) is 2.91. The quantitative estimate of drug-likeness (QED) is 0.473. The van der Waals surface area contributed by atoms with Crippen LogP contribution in [-0.4, -0.2) is 25.3 Å². The minimum Gasteiger partial charge on any atom is -0.410 e. The van der Waals surface area contributed by atoms with E-state index >= 15 is 0 Å². The van der Waals surface area contributed by atoms with Gasteiger partial charge in [-0.25, -0.2) is 0 Å². The van der Waals surface area contributed by atoms with Gasteiger partial charge in [-0.3, -0.25) is 10.1 Å². The van der Waals surface area contributed by atoms with E-state index < -0.39 is 4.92 Å². The lowest BCUT2D eigenvalue weighted by Crippen LogP contribution is -1.93. The van der Waals surface area contributed by atoms with E-state index in [1.165, 1.54) is 12.1 Å². The number of fused-ring (bicyclic) bond motifs is 1. The van der Waals surface area contributed by atoms with Crippen LogP contribution in [0, 0.1) is 10.1 Å². The Labute approximate surface area is 85.2 Å². The number of nitrogens with zero attached hydrogens (tertiary/aromatic N) is 4. The van der Waals surface area contributed by atoms with Gasteiger partial charge in [0.2, 0.25) is 0 Å². The van der Waals surface area contributed by atoms with Crippen LogP contribution in [0.4, 0.5) is 5.69 Å². The number of hydrogen-bond donors (Lipinski definition) is 1. The van der Waals surface area contributed by atoms with E-state index in [-0.39, 0.29) is 11.2 Å². The lowest BCUT2D eigenvalue weighted by Gasteiger charge is -1.94. The molecule has 0 saturated heterocycles. The van der Waals surface area contributed by atoms with Gasteiger partial charge in [0.15, 0.2) is 0 Å². The molecule has 0 bridgehead atoms. The average Bonchev–Trinajstić information content (AvgIpc) is 2.48. The van der Waals surface area contributed by atoms with Crippen molar-refractivity contribution in [2.24, 2.45) is 0 Å². The maximum atomic E-state index is 10.5. The molecule has 0 unspecified atom stereocenters. The Hall–Kier alpha value is -1.70. The van der Waals surface area contributed by atoms with E-state index in [2.05, 4.69) is 26.2 Å². The molecule has 72 valence electrons. The fourth-order valence-electron chi connectivity index (χ4n) is 1.06. The van der Waals surface area contributed by atoms with E-state index in [1.54, 1.807) is 0 Å². The minimum absolute atomic E-state index is 0.137. The average molecular weight is 259 g/mol. The Morgan fingerprint density at radius 3 is 2.93 bits per heavy atom. The summed E-state index contributed by atoms with van der Waals surface area (Å²) in [6.07, 6.45) is 0. The molecule has 8 heteroatoms. The lowest BCUT2D eigenvalue weighted by molar-refractivity contribution is -0.384. The third-order valence-corrected chi connectivity index (χ3v) is 2.29. The van der Waals surface area contributed by atoms with Crippen LogP contribution >= 0.6 is 15.9 Å². The summed E-state index contributed by atoms with van der Waals surface area (Å²) in [5.41, 5.74) is 0.422. The van der Waals surface area contributed by atoms with Gasteiger partial charge in [0.1, 0.15) is 11.0 Å². The highest BCUT2D eigenvalue weighted by molar-refractivity contribution is 9.10. The van der Waals surface area contributed by atoms with Crippen LogP contribution in [0.5, 0.6) is 0 Å². The second-order valence-corrected chi connectivity index (χ2v) is 3.39. The SMILES string of the molecule is O=[N+]([O-])c1cc(Br)c2nnn(O)c2c1. The van der Waals surface area contributed by atoms with Crippen molar-refractivity contribution in [1.82, 2.24) is 15.2 Å². The topological polar surface area (TPSA) is 94.1 Å². The number of hydrogen-bond acceptors (Lipinski definition) is 5. The maximum absolute atomic E-state index is 10.5. The van der Waals surface area contributed by atoms with Crippen LogP contribution in [-0.2, 0) is 0 Å². The summed E-state index contributed by atoms with van der Waals surface area (Å²) in [5.74, 6) is 0. The van der Waals surface area contributed by atoms with Crippen molar-refractivity contribution in [3.63, 3.8) is 0 Å². The molecule has 1 aromatic heterocycles. The van der Waals surface area contributed by atoms with Gasteiger partial charge in [0, 0.05) is 12.1 Å². The molecule has 0 fully saturated rings. The summed E-state index contributed by atoms with van der Waals surface area (Å²) in [7, 11) is 0. The summed E-state index contributed by atoms with van der Waals surface area (Å²) in [6.45, 7) is 0. The van der Waals surface area contributed by atoms with Crippen molar-refractivity contribution >= 4 is 32.7 Å². The van der Waals surface area contributed by atoms with Gasteiger partial charge in [-0.15, -0.1) is 5.10 Å². The highest BCUT2D eigenvalue weighted by atomic mass is 79.9. The van der Waals surface area contributed by atoms with Crippen LogP contribution in [0.15, 0.2) is 16.6 Å². The summed E-state index contributed by atoms with van der Waals surface area (Å²) in [5, 5.41) is 26.6. The molecule has 0 amide bonds. The van der Waals surface area contributed by atoms with Gasteiger partial charge in [-0.2, -0.15) is 0 Å². The van der Waals surface area contributed by atoms with Gasteiger partial charge >= 0.3 is 0 Å². The third kappa shape index (κ3) is 1.20. The zero-order valence-electron chi connectivity index (χ0n) is 6.59. The van der Waals surface area contributed by atoms with E-state index in [0.29, 0.717) is 14.8 Å². The Balaban J connectivity index is 2.82. The predicted octanol–water partition coefficient (Wildman–Crippen LogP) is 1.34. The van der Waals surface area contributed by atoms with E-state index in [4.69, 9.17) is 5.21 Å². The van der Waals surface area contributed by atoms with Crippen molar-refractivity contribution in [2.45, 2.75) is 0 Å². The highest BCUT2D eigenvalue weighted by Gasteiger charge is 2.14. The molecule has 2 rings (SSSR count). The number of halogens is 1. The van der Waals surface area contributed by atoms with Crippen LogP contribution < -0.4 is 0 Å². The molecule has 0 aliphatic heterocycles. The molecule has 0 aliphatic rings. The molecular weight excluding hydrogens is 256 g/mol. The molecule has 2 aromatic rings. The number of aromatic nitrogens is 3. The number of nitro benzene ring substituents is 1. The first-order valence-corrected chi connectivity index (χ1v) is 4.27. The van der Waals surface area contributed by atoms with Crippen LogP contribution in [0.1, 0.15) is 0 Å². The molecule has 1 aromatic carbocycles.